The molecule has 0 spiro atoms. The number of aliphatic imine (C=N–C) groups is 1. The Bertz CT molecular complexity index is 705. The number of rotatable bonds is 2. The van der Waals surface area contributed by atoms with Crippen molar-refractivity contribution < 1.29 is 4.74 Å². The molecule has 2 N–H and O–H groups in total. The lowest BCUT2D eigenvalue weighted by molar-refractivity contribution is 0.122. The molecule has 1 aromatic carbocycles. The Morgan fingerprint density at radius 2 is 1.91 bits per heavy atom. The first-order chi connectivity index (χ1) is 10.8. The molecule has 0 radical (unpaired) electrons. The van der Waals surface area contributed by atoms with E-state index in [-0.39, 0.29) is 5.92 Å². The van der Waals surface area contributed by atoms with E-state index in [0.29, 0.717) is 5.84 Å². The second-order valence-corrected chi connectivity index (χ2v) is 5.58. The van der Waals surface area contributed by atoms with E-state index >= 15 is 0 Å². The van der Waals surface area contributed by atoms with Gasteiger partial charge in [-0.3, -0.25) is 0 Å². The van der Waals surface area contributed by atoms with E-state index in [1.54, 1.807) is 0 Å². The molecule has 112 valence electrons. The number of nitrogens with zero attached hydrogens (tertiary/aromatic N) is 3. The molecule has 22 heavy (non-hydrogen) atoms. The molecule has 1 aromatic heterocycles. The van der Waals surface area contributed by atoms with Crippen LogP contribution in [0.2, 0.25) is 0 Å². The molecule has 0 amide bonds. The zero-order chi connectivity index (χ0) is 14.9. The number of morpholine rings is 1. The minimum Gasteiger partial charge on any atom is -0.386 e. The Balaban J connectivity index is 1.62. The number of hydrogen-bond acceptors (Lipinski definition) is 5. The number of pyridine rings is 1. The van der Waals surface area contributed by atoms with Crippen LogP contribution in [0.1, 0.15) is 17.0 Å². The van der Waals surface area contributed by atoms with Gasteiger partial charge in [0.1, 0.15) is 11.7 Å². The predicted molar refractivity (Wildman–Crippen MR) is 86.8 cm³/mol. The van der Waals surface area contributed by atoms with Crippen molar-refractivity contribution in [2.24, 2.45) is 10.7 Å². The Kier molecular flexibility index (Phi) is 3.27. The molecule has 3 heterocycles. The molecule has 2 aromatic rings. The minimum absolute atomic E-state index is 0.0161. The van der Waals surface area contributed by atoms with Gasteiger partial charge in [0.25, 0.3) is 0 Å². The van der Waals surface area contributed by atoms with E-state index in [1.807, 2.05) is 24.4 Å². The fourth-order valence-electron chi connectivity index (χ4n) is 3.09. The zero-order valence-electron chi connectivity index (χ0n) is 12.3. The molecule has 2 aliphatic rings. The summed E-state index contributed by atoms with van der Waals surface area (Å²) < 4.78 is 5.38. The number of para-hydroxylation sites is 1. The van der Waals surface area contributed by atoms with Crippen molar-refractivity contribution in [3.63, 3.8) is 0 Å². The molecule has 1 fully saturated rings. The van der Waals surface area contributed by atoms with E-state index in [9.17, 15) is 0 Å². The van der Waals surface area contributed by atoms with Crippen LogP contribution >= 0.6 is 0 Å². The highest BCUT2D eigenvalue weighted by atomic mass is 16.5. The van der Waals surface area contributed by atoms with E-state index in [1.165, 1.54) is 0 Å². The first-order valence-electron chi connectivity index (χ1n) is 7.54. The molecule has 1 atom stereocenters. The fourth-order valence-corrected chi connectivity index (χ4v) is 3.09. The van der Waals surface area contributed by atoms with Crippen LogP contribution in [0.4, 0.5) is 11.5 Å². The van der Waals surface area contributed by atoms with Crippen LogP contribution in [0.3, 0.4) is 0 Å². The molecule has 0 bridgehead atoms. The van der Waals surface area contributed by atoms with Crippen LogP contribution in [0.5, 0.6) is 0 Å². The number of aromatic nitrogens is 1. The van der Waals surface area contributed by atoms with Gasteiger partial charge in [0, 0.05) is 19.3 Å². The number of fused-ring (bicyclic) bond motifs is 1. The van der Waals surface area contributed by atoms with E-state index in [4.69, 9.17) is 10.5 Å². The van der Waals surface area contributed by atoms with Gasteiger partial charge in [-0.05, 0) is 23.3 Å². The largest absolute Gasteiger partial charge is 0.386 e. The van der Waals surface area contributed by atoms with Crippen molar-refractivity contribution in [1.82, 2.24) is 4.98 Å². The molecule has 5 heteroatoms. The van der Waals surface area contributed by atoms with E-state index in [2.05, 4.69) is 33.1 Å². The maximum Gasteiger partial charge on any atom is 0.128 e. The van der Waals surface area contributed by atoms with Crippen molar-refractivity contribution in [2.45, 2.75) is 5.92 Å². The molecule has 5 nitrogen and oxygen atoms in total. The summed E-state index contributed by atoms with van der Waals surface area (Å²) in [4.78, 5) is 11.3. The summed E-state index contributed by atoms with van der Waals surface area (Å²) in [6.45, 7) is 3.31. The number of amidine groups is 1. The molecule has 0 saturated carbocycles. The third-order valence-electron chi connectivity index (χ3n) is 4.23. The molecule has 1 unspecified atom stereocenters. The average Bonchev–Trinajstić information content (AvgIpc) is 2.91. The summed E-state index contributed by atoms with van der Waals surface area (Å²) in [5, 5.41) is 0. The fraction of sp³-hybridized carbons (Fsp3) is 0.294. The lowest BCUT2D eigenvalue weighted by Crippen LogP contribution is -2.36. The van der Waals surface area contributed by atoms with Gasteiger partial charge in [-0.25, -0.2) is 9.98 Å². The normalized spacial score (nSPS) is 20.6. The Labute approximate surface area is 129 Å². The van der Waals surface area contributed by atoms with Crippen molar-refractivity contribution >= 4 is 17.3 Å². The second kappa shape index (κ2) is 5.42. The van der Waals surface area contributed by atoms with Gasteiger partial charge in [0.05, 0.1) is 24.8 Å². The van der Waals surface area contributed by atoms with Crippen molar-refractivity contribution in [3.8, 4) is 0 Å². The standard InChI is InChI=1S/C17H18N4O/c18-17-16(13-3-1-2-4-14(13)20-17)12-5-6-15(19-11-12)21-7-9-22-10-8-21/h1-6,11,16H,7-10H2,(H2,18,20). The van der Waals surface area contributed by atoms with Gasteiger partial charge in [-0.2, -0.15) is 0 Å². The van der Waals surface area contributed by atoms with Crippen LogP contribution < -0.4 is 10.6 Å². The average molecular weight is 294 g/mol. The summed E-state index contributed by atoms with van der Waals surface area (Å²) in [5.74, 6) is 1.65. The molecule has 0 aliphatic carbocycles. The number of nitrogens with two attached hydrogens (primary N) is 1. The molecule has 2 aliphatic heterocycles. The van der Waals surface area contributed by atoms with Crippen LogP contribution in [-0.4, -0.2) is 37.1 Å². The van der Waals surface area contributed by atoms with E-state index < -0.39 is 0 Å². The lowest BCUT2D eigenvalue weighted by Gasteiger charge is -2.28. The summed E-state index contributed by atoms with van der Waals surface area (Å²) >= 11 is 0. The lowest BCUT2D eigenvalue weighted by atomic mass is 9.93. The Hall–Kier alpha value is -2.40. The monoisotopic (exact) mass is 294 g/mol. The highest BCUT2D eigenvalue weighted by Crippen LogP contribution is 2.37. The molecule has 1 saturated heterocycles. The number of anilines is 1. The highest BCUT2D eigenvalue weighted by Gasteiger charge is 2.27. The van der Waals surface area contributed by atoms with Crippen LogP contribution in [0, 0.1) is 0 Å². The van der Waals surface area contributed by atoms with Crippen molar-refractivity contribution in [1.29, 1.82) is 0 Å². The summed E-state index contributed by atoms with van der Waals surface area (Å²) in [6.07, 6.45) is 1.92. The summed E-state index contributed by atoms with van der Waals surface area (Å²) in [5.41, 5.74) is 9.34. The maximum atomic E-state index is 6.14. The number of benzene rings is 1. The van der Waals surface area contributed by atoms with Gasteiger partial charge in [0.2, 0.25) is 0 Å². The maximum absolute atomic E-state index is 6.14. The van der Waals surface area contributed by atoms with Gasteiger partial charge in [0.15, 0.2) is 0 Å². The van der Waals surface area contributed by atoms with Crippen LogP contribution in [0.15, 0.2) is 47.6 Å². The van der Waals surface area contributed by atoms with Crippen LogP contribution in [0.25, 0.3) is 0 Å². The number of ether oxygens (including phenoxy) is 1. The summed E-state index contributed by atoms with van der Waals surface area (Å²) in [7, 11) is 0. The smallest absolute Gasteiger partial charge is 0.128 e. The van der Waals surface area contributed by atoms with Crippen molar-refractivity contribution in [2.75, 3.05) is 31.2 Å². The number of hydrogen-bond donors (Lipinski definition) is 1. The Morgan fingerprint density at radius 1 is 1.09 bits per heavy atom. The van der Waals surface area contributed by atoms with Gasteiger partial charge < -0.3 is 15.4 Å². The van der Waals surface area contributed by atoms with Crippen LogP contribution in [-0.2, 0) is 4.74 Å². The first kappa shape index (κ1) is 13.3. The Morgan fingerprint density at radius 3 is 2.68 bits per heavy atom. The third kappa shape index (κ3) is 2.23. The van der Waals surface area contributed by atoms with Gasteiger partial charge >= 0.3 is 0 Å². The van der Waals surface area contributed by atoms with E-state index in [0.717, 1.165) is 48.9 Å². The highest BCUT2D eigenvalue weighted by molar-refractivity contribution is 5.97. The predicted octanol–water partition coefficient (Wildman–Crippen LogP) is 2.05. The zero-order valence-corrected chi connectivity index (χ0v) is 12.3. The molecular formula is C17H18N4O. The quantitative estimate of drug-likeness (QED) is 0.920. The van der Waals surface area contributed by atoms with Gasteiger partial charge in [-0.1, -0.05) is 24.3 Å². The second-order valence-electron chi connectivity index (χ2n) is 5.58. The first-order valence-corrected chi connectivity index (χ1v) is 7.54. The van der Waals surface area contributed by atoms with Crippen molar-refractivity contribution in [3.05, 3.63) is 53.7 Å². The van der Waals surface area contributed by atoms with Gasteiger partial charge in [-0.15, -0.1) is 0 Å². The minimum atomic E-state index is 0.0161. The third-order valence-corrected chi connectivity index (χ3v) is 4.23. The summed E-state index contributed by atoms with van der Waals surface area (Å²) in [6, 6.07) is 12.3. The topological polar surface area (TPSA) is 63.7 Å². The SMILES string of the molecule is NC1=Nc2ccccc2C1c1ccc(N2CCOCC2)nc1. The molecular weight excluding hydrogens is 276 g/mol. The molecule has 4 rings (SSSR count).